The molecule has 18 heavy (non-hydrogen) atoms. The maximum Gasteiger partial charge on any atom is 0.332 e. The van der Waals surface area contributed by atoms with E-state index in [9.17, 15) is 9.90 Å². The second-order valence-corrected chi connectivity index (χ2v) is 4.35. The lowest BCUT2D eigenvalue weighted by Gasteiger charge is -2.10. The molecule has 3 N–H and O–H groups in total. The van der Waals surface area contributed by atoms with E-state index in [2.05, 4.69) is 0 Å². The number of imidazole rings is 1. The van der Waals surface area contributed by atoms with Gasteiger partial charge in [0.05, 0.1) is 11.8 Å². The van der Waals surface area contributed by atoms with Gasteiger partial charge in [-0.25, -0.2) is 4.79 Å². The minimum atomic E-state index is -0.704. The van der Waals surface area contributed by atoms with Crippen LogP contribution in [0.5, 0.6) is 0 Å². The van der Waals surface area contributed by atoms with Gasteiger partial charge in [0.25, 0.3) is 0 Å². The summed E-state index contributed by atoms with van der Waals surface area (Å²) in [5.41, 5.74) is 7.63. The second-order valence-electron chi connectivity index (χ2n) is 4.35. The van der Waals surface area contributed by atoms with E-state index in [1.807, 2.05) is 19.1 Å². The minimum absolute atomic E-state index is 0.105. The highest BCUT2D eigenvalue weighted by atomic mass is 16.3. The number of hydrogen-bond acceptors (Lipinski definition) is 3. The van der Waals surface area contributed by atoms with Crippen molar-refractivity contribution in [1.29, 1.82) is 0 Å². The standard InChI is InChI=1S/C13H17N3O2/c1-9-8-15(2)13(18)16(9)11-5-3-4-10(6-11)12(17)7-14/h3-6,8,12,17H,7,14H2,1-2H3. The smallest absolute Gasteiger partial charge is 0.332 e. The molecule has 96 valence electrons. The summed E-state index contributed by atoms with van der Waals surface area (Å²) in [6, 6.07) is 7.22. The molecule has 5 heteroatoms. The third kappa shape index (κ3) is 2.10. The number of aliphatic hydroxyl groups excluding tert-OH is 1. The van der Waals surface area contributed by atoms with Crippen LogP contribution >= 0.6 is 0 Å². The number of aliphatic hydroxyl groups is 1. The molecular weight excluding hydrogens is 230 g/mol. The molecule has 0 saturated heterocycles. The van der Waals surface area contributed by atoms with E-state index in [0.29, 0.717) is 5.56 Å². The van der Waals surface area contributed by atoms with Crippen molar-refractivity contribution in [3.8, 4) is 5.69 Å². The van der Waals surface area contributed by atoms with E-state index in [0.717, 1.165) is 11.4 Å². The predicted octanol–water partition coefficient (Wildman–Crippen LogP) is 0.477. The Labute approximate surface area is 105 Å². The first-order valence-electron chi connectivity index (χ1n) is 5.78. The zero-order chi connectivity index (χ0) is 13.3. The van der Waals surface area contributed by atoms with Gasteiger partial charge in [0.2, 0.25) is 0 Å². The van der Waals surface area contributed by atoms with Crippen molar-refractivity contribution in [2.24, 2.45) is 12.8 Å². The van der Waals surface area contributed by atoms with Gasteiger partial charge < -0.3 is 15.4 Å². The number of nitrogens with two attached hydrogens (primary N) is 1. The quantitative estimate of drug-likeness (QED) is 0.828. The lowest BCUT2D eigenvalue weighted by Crippen LogP contribution is -2.21. The lowest BCUT2D eigenvalue weighted by molar-refractivity contribution is 0.186. The van der Waals surface area contributed by atoms with E-state index < -0.39 is 6.10 Å². The molecule has 1 heterocycles. The van der Waals surface area contributed by atoms with Gasteiger partial charge in [-0.2, -0.15) is 0 Å². The molecular formula is C13H17N3O2. The monoisotopic (exact) mass is 247 g/mol. The molecule has 1 aromatic carbocycles. The van der Waals surface area contributed by atoms with Crippen molar-refractivity contribution in [1.82, 2.24) is 9.13 Å². The molecule has 5 nitrogen and oxygen atoms in total. The first kappa shape index (κ1) is 12.6. The maximum absolute atomic E-state index is 12.0. The Kier molecular flexibility index (Phi) is 3.36. The summed E-state index contributed by atoms with van der Waals surface area (Å²) in [4.78, 5) is 12.0. The molecule has 0 spiro atoms. The zero-order valence-corrected chi connectivity index (χ0v) is 10.5. The predicted molar refractivity (Wildman–Crippen MR) is 69.8 cm³/mol. The van der Waals surface area contributed by atoms with Gasteiger partial charge in [-0.15, -0.1) is 0 Å². The average molecular weight is 247 g/mol. The van der Waals surface area contributed by atoms with E-state index >= 15 is 0 Å². The van der Waals surface area contributed by atoms with Gasteiger partial charge in [-0.1, -0.05) is 12.1 Å². The number of nitrogens with zero attached hydrogens (tertiary/aromatic N) is 2. The van der Waals surface area contributed by atoms with Crippen LogP contribution in [-0.2, 0) is 7.05 Å². The molecule has 2 rings (SSSR count). The topological polar surface area (TPSA) is 73.2 Å². The Hall–Kier alpha value is -1.85. The number of hydrogen-bond donors (Lipinski definition) is 2. The molecule has 0 aliphatic rings. The van der Waals surface area contributed by atoms with E-state index in [1.54, 1.807) is 29.9 Å². The van der Waals surface area contributed by atoms with Gasteiger partial charge in [0.1, 0.15) is 0 Å². The highest BCUT2D eigenvalue weighted by Crippen LogP contribution is 2.16. The first-order valence-corrected chi connectivity index (χ1v) is 5.78. The van der Waals surface area contributed by atoms with Crippen molar-refractivity contribution in [3.63, 3.8) is 0 Å². The van der Waals surface area contributed by atoms with Crippen LogP contribution in [0.4, 0.5) is 0 Å². The molecule has 0 radical (unpaired) electrons. The van der Waals surface area contributed by atoms with Gasteiger partial charge in [-0.3, -0.25) is 4.57 Å². The van der Waals surface area contributed by atoms with Crippen LogP contribution in [0.15, 0.2) is 35.3 Å². The van der Waals surface area contributed by atoms with Crippen molar-refractivity contribution in [3.05, 3.63) is 52.2 Å². The Balaban J connectivity index is 2.55. The molecule has 2 aromatic rings. The van der Waals surface area contributed by atoms with Crippen LogP contribution in [0.1, 0.15) is 17.4 Å². The molecule has 0 fully saturated rings. The molecule has 0 aliphatic carbocycles. The molecule has 0 aliphatic heterocycles. The van der Waals surface area contributed by atoms with Crippen molar-refractivity contribution < 1.29 is 5.11 Å². The Morgan fingerprint density at radius 1 is 1.44 bits per heavy atom. The fraction of sp³-hybridized carbons (Fsp3) is 0.308. The Morgan fingerprint density at radius 3 is 2.72 bits per heavy atom. The van der Waals surface area contributed by atoms with E-state index in [-0.39, 0.29) is 12.2 Å². The SMILES string of the molecule is Cc1cn(C)c(=O)n1-c1cccc(C(O)CN)c1. The van der Waals surface area contributed by atoms with Crippen molar-refractivity contribution in [2.45, 2.75) is 13.0 Å². The lowest BCUT2D eigenvalue weighted by atomic mass is 10.1. The summed E-state index contributed by atoms with van der Waals surface area (Å²) in [6.45, 7) is 2.03. The third-order valence-corrected chi connectivity index (χ3v) is 2.96. The highest BCUT2D eigenvalue weighted by Gasteiger charge is 2.10. The average Bonchev–Trinajstić information content (AvgIpc) is 2.62. The van der Waals surface area contributed by atoms with Crippen LogP contribution in [0, 0.1) is 6.92 Å². The molecule has 0 amide bonds. The molecule has 0 bridgehead atoms. The van der Waals surface area contributed by atoms with E-state index in [1.165, 1.54) is 4.57 Å². The maximum atomic E-state index is 12.0. The van der Waals surface area contributed by atoms with Gasteiger partial charge in [0.15, 0.2) is 0 Å². The molecule has 1 atom stereocenters. The number of benzene rings is 1. The van der Waals surface area contributed by atoms with Crippen molar-refractivity contribution in [2.75, 3.05) is 6.54 Å². The second kappa shape index (κ2) is 4.80. The summed E-state index contributed by atoms with van der Waals surface area (Å²) in [7, 11) is 1.71. The van der Waals surface area contributed by atoms with Gasteiger partial charge >= 0.3 is 5.69 Å². The molecule has 1 aromatic heterocycles. The van der Waals surface area contributed by atoms with Crippen LogP contribution in [-0.4, -0.2) is 20.8 Å². The molecule has 0 saturated carbocycles. The number of aromatic nitrogens is 2. The van der Waals surface area contributed by atoms with Crippen LogP contribution < -0.4 is 11.4 Å². The summed E-state index contributed by atoms with van der Waals surface area (Å²) in [5, 5.41) is 9.73. The molecule has 1 unspecified atom stereocenters. The van der Waals surface area contributed by atoms with E-state index in [4.69, 9.17) is 5.73 Å². The fourth-order valence-electron chi connectivity index (χ4n) is 2.02. The normalized spacial score (nSPS) is 12.7. The summed E-state index contributed by atoms with van der Waals surface area (Å²) in [6.07, 6.45) is 1.07. The minimum Gasteiger partial charge on any atom is -0.387 e. The third-order valence-electron chi connectivity index (χ3n) is 2.96. The largest absolute Gasteiger partial charge is 0.387 e. The van der Waals surface area contributed by atoms with Crippen LogP contribution in [0.2, 0.25) is 0 Å². The Bertz CT molecular complexity index is 613. The fourth-order valence-corrected chi connectivity index (χ4v) is 2.02. The summed E-state index contributed by atoms with van der Waals surface area (Å²) < 4.78 is 3.13. The van der Waals surface area contributed by atoms with Gasteiger partial charge in [0, 0.05) is 25.5 Å². The highest BCUT2D eigenvalue weighted by molar-refractivity contribution is 5.38. The number of aryl methyl sites for hydroxylation is 2. The van der Waals surface area contributed by atoms with Crippen LogP contribution in [0.25, 0.3) is 5.69 Å². The first-order chi connectivity index (χ1) is 8.54. The van der Waals surface area contributed by atoms with Crippen molar-refractivity contribution >= 4 is 0 Å². The number of rotatable bonds is 3. The zero-order valence-electron chi connectivity index (χ0n) is 10.5. The van der Waals surface area contributed by atoms with Crippen LogP contribution in [0.3, 0.4) is 0 Å². The summed E-state index contributed by atoms with van der Waals surface area (Å²) in [5.74, 6) is 0. The summed E-state index contributed by atoms with van der Waals surface area (Å²) >= 11 is 0. The Morgan fingerprint density at radius 2 is 2.17 bits per heavy atom. The van der Waals surface area contributed by atoms with Gasteiger partial charge in [-0.05, 0) is 24.6 Å².